The third-order valence-electron chi connectivity index (χ3n) is 2.42. The predicted octanol–water partition coefficient (Wildman–Crippen LogP) is 2.58. The molecule has 1 heterocycles. The van der Waals surface area contributed by atoms with E-state index in [0.717, 1.165) is 0 Å². The monoisotopic (exact) mass is 268 g/mol. The Kier molecular flexibility index (Phi) is 3.62. The lowest BCUT2D eigenvalue weighted by atomic mass is 10.1. The maximum absolute atomic E-state index is 13.7. The number of aromatic amines is 1. The van der Waals surface area contributed by atoms with E-state index in [1.54, 1.807) is 12.1 Å². The number of hydrogen-bond donors (Lipinski definition) is 1. The zero-order valence-corrected chi connectivity index (χ0v) is 10.3. The molecule has 0 saturated carbocycles. The van der Waals surface area contributed by atoms with Gasteiger partial charge in [-0.2, -0.15) is 0 Å². The summed E-state index contributed by atoms with van der Waals surface area (Å²) in [4.78, 5) is 18.0. The van der Waals surface area contributed by atoms with E-state index in [9.17, 15) is 9.18 Å². The third-order valence-corrected chi connectivity index (χ3v) is 2.72. The van der Waals surface area contributed by atoms with Gasteiger partial charge in [-0.25, -0.2) is 14.2 Å². The lowest BCUT2D eigenvalue weighted by Gasteiger charge is -2.02. The Labute approximate surface area is 108 Å². The molecule has 2 rings (SSSR count). The smallest absolute Gasteiger partial charge is 0.356 e. The van der Waals surface area contributed by atoms with Gasteiger partial charge in [-0.05, 0) is 11.6 Å². The summed E-state index contributed by atoms with van der Waals surface area (Å²) >= 11 is 5.68. The molecule has 0 aliphatic carbocycles. The van der Waals surface area contributed by atoms with Crippen LogP contribution < -0.4 is 0 Å². The molecule has 0 radical (unpaired) electrons. The minimum Gasteiger partial charge on any atom is -0.464 e. The van der Waals surface area contributed by atoms with Crippen LogP contribution in [0.4, 0.5) is 4.39 Å². The molecule has 0 spiro atoms. The van der Waals surface area contributed by atoms with Crippen molar-refractivity contribution in [2.45, 2.75) is 6.42 Å². The van der Waals surface area contributed by atoms with Crippen LogP contribution in [0.25, 0.3) is 0 Å². The van der Waals surface area contributed by atoms with Crippen molar-refractivity contribution in [3.05, 3.63) is 52.3 Å². The molecule has 1 N–H and O–H groups in total. The number of ether oxygens (including phenoxy) is 1. The van der Waals surface area contributed by atoms with Crippen LogP contribution in [0.1, 0.15) is 21.9 Å². The molecule has 0 unspecified atom stereocenters. The molecule has 6 heteroatoms. The fourth-order valence-corrected chi connectivity index (χ4v) is 1.73. The fourth-order valence-electron chi connectivity index (χ4n) is 1.53. The molecular weight excluding hydrogens is 259 g/mol. The molecule has 18 heavy (non-hydrogen) atoms. The van der Waals surface area contributed by atoms with Crippen LogP contribution in [0.15, 0.2) is 24.4 Å². The van der Waals surface area contributed by atoms with Gasteiger partial charge in [0.05, 0.1) is 18.3 Å². The quantitative estimate of drug-likeness (QED) is 0.871. The summed E-state index contributed by atoms with van der Waals surface area (Å²) in [5.74, 6) is -0.521. The summed E-state index contributed by atoms with van der Waals surface area (Å²) in [6.07, 6.45) is 1.58. The maximum atomic E-state index is 13.7. The number of benzene rings is 1. The highest BCUT2D eigenvalue weighted by Gasteiger charge is 2.12. The number of halogens is 2. The molecule has 0 amide bonds. The SMILES string of the molecule is COC(=O)c1cnc(Cc2cccc(Cl)c2F)[nH]1. The van der Waals surface area contributed by atoms with Crippen molar-refractivity contribution < 1.29 is 13.9 Å². The normalized spacial score (nSPS) is 10.4. The van der Waals surface area contributed by atoms with E-state index in [0.29, 0.717) is 11.4 Å². The van der Waals surface area contributed by atoms with E-state index >= 15 is 0 Å². The highest BCUT2D eigenvalue weighted by Crippen LogP contribution is 2.19. The summed E-state index contributed by atoms with van der Waals surface area (Å²) in [7, 11) is 1.28. The molecule has 2 aromatic rings. The van der Waals surface area contributed by atoms with Crippen molar-refractivity contribution in [3.8, 4) is 0 Å². The van der Waals surface area contributed by atoms with Crippen LogP contribution in [0, 0.1) is 5.82 Å². The van der Waals surface area contributed by atoms with Crippen LogP contribution in [0.2, 0.25) is 5.02 Å². The number of H-pyrrole nitrogens is 1. The van der Waals surface area contributed by atoms with Crippen LogP contribution in [0.3, 0.4) is 0 Å². The van der Waals surface area contributed by atoms with Crippen LogP contribution >= 0.6 is 11.6 Å². The highest BCUT2D eigenvalue weighted by molar-refractivity contribution is 6.30. The minimum absolute atomic E-state index is 0.0623. The second-order valence-electron chi connectivity index (χ2n) is 3.62. The molecule has 0 fully saturated rings. The average molecular weight is 269 g/mol. The van der Waals surface area contributed by atoms with Gasteiger partial charge in [-0.1, -0.05) is 23.7 Å². The van der Waals surface area contributed by atoms with Crippen LogP contribution in [0.5, 0.6) is 0 Å². The lowest BCUT2D eigenvalue weighted by molar-refractivity contribution is 0.0594. The minimum atomic E-state index is -0.514. The summed E-state index contributed by atoms with van der Waals surface area (Å²) in [6, 6.07) is 4.74. The number of methoxy groups -OCH3 is 1. The molecule has 94 valence electrons. The largest absolute Gasteiger partial charge is 0.464 e. The molecule has 1 aromatic heterocycles. The number of rotatable bonds is 3. The van der Waals surface area contributed by atoms with Gasteiger partial charge in [0.15, 0.2) is 0 Å². The van der Waals surface area contributed by atoms with Crippen molar-refractivity contribution in [3.63, 3.8) is 0 Å². The second kappa shape index (κ2) is 5.18. The fraction of sp³-hybridized carbons (Fsp3) is 0.167. The zero-order chi connectivity index (χ0) is 13.1. The number of hydrogen-bond acceptors (Lipinski definition) is 3. The summed E-state index contributed by atoms with van der Waals surface area (Å²) in [5, 5.41) is 0.0623. The molecule has 0 bridgehead atoms. The summed E-state index contributed by atoms with van der Waals surface area (Å²) in [6.45, 7) is 0. The Balaban J connectivity index is 2.21. The Hall–Kier alpha value is -1.88. The van der Waals surface area contributed by atoms with Crippen molar-refractivity contribution in [2.24, 2.45) is 0 Å². The van der Waals surface area contributed by atoms with E-state index in [2.05, 4.69) is 14.7 Å². The number of aromatic nitrogens is 2. The van der Waals surface area contributed by atoms with Gasteiger partial charge in [0.25, 0.3) is 0 Å². The van der Waals surface area contributed by atoms with Gasteiger partial charge in [-0.15, -0.1) is 0 Å². The van der Waals surface area contributed by atoms with Crippen molar-refractivity contribution >= 4 is 17.6 Å². The Bertz CT molecular complexity index is 583. The van der Waals surface area contributed by atoms with Gasteiger partial charge < -0.3 is 9.72 Å². The first-order chi connectivity index (χ1) is 8.61. The van der Waals surface area contributed by atoms with Gasteiger partial charge in [0.1, 0.15) is 17.3 Å². The number of nitrogens with one attached hydrogen (secondary N) is 1. The first-order valence-corrected chi connectivity index (χ1v) is 5.54. The van der Waals surface area contributed by atoms with Gasteiger partial charge in [0, 0.05) is 6.42 Å². The topological polar surface area (TPSA) is 55.0 Å². The standard InChI is InChI=1S/C12H10ClFN2O2/c1-18-12(17)9-6-15-10(16-9)5-7-3-2-4-8(13)11(7)14/h2-4,6H,5H2,1H3,(H,15,16). The van der Waals surface area contributed by atoms with E-state index < -0.39 is 11.8 Å². The third kappa shape index (κ3) is 2.51. The number of esters is 1. The van der Waals surface area contributed by atoms with Crippen LogP contribution in [-0.4, -0.2) is 23.0 Å². The van der Waals surface area contributed by atoms with E-state index in [1.165, 1.54) is 19.4 Å². The molecule has 4 nitrogen and oxygen atoms in total. The van der Waals surface area contributed by atoms with Gasteiger partial charge in [0.2, 0.25) is 0 Å². The molecular formula is C12H10ClFN2O2. The van der Waals surface area contributed by atoms with Crippen LogP contribution in [-0.2, 0) is 11.2 Å². The Morgan fingerprint density at radius 3 is 3.06 bits per heavy atom. The number of carbonyl (C=O) groups is 1. The first-order valence-electron chi connectivity index (χ1n) is 5.17. The highest BCUT2D eigenvalue weighted by atomic mass is 35.5. The molecule has 1 aromatic carbocycles. The molecule has 0 saturated heterocycles. The van der Waals surface area contributed by atoms with Gasteiger partial charge >= 0.3 is 5.97 Å². The first kappa shape index (κ1) is 12.6. The predicted molar refractivity (Wildman–Crippen MR) is 64.1 cm³/mol. The molecule has 0 atom stereocenters. The summed E-state index contributed by atoms with van der Waals surface area (Å²) in [5.41, 5.74) is 0.642. The lowest BCUT2D eigenvalue weighted by Crippen LogP contribution is -2.02. The van der Waals surface area contributed by atoms with E-state index in [1.807, 2.05) is 0 Å². The molecule has 0 aliphatic heterocycles. The summed E-state index contributed by atoms with van der Waals surface area (Å²) < 4.78 is 18.2. The second-order valence-corrected chi connectivity index (χ2v) is 4.03. The van der Waals surface area contributed by atoms with Crippen molar-refractivity contribution in [2.75, 3.05) is 7.11 Å². The van der Waals surface area contributed by atoms with Gasteiger partial charge in [-0.3, -0.25) is 0 Å². The Morgan fingerprint density at radius 2 is 2.33 bits per heavy atom. The van der Waals surface area contributed by atoms with Crippen molar-refractivity contribution in [1.82, 2.24) is 9.97 Å². The molecule has 0 aliphatic rings. The van der Waals surface area contributed by atoms with Crippen molar-refractivity contribution in [1.29, 1.82) is 0 Å². The number of imidazole rings is 1. The average Bonchev–Trinajstić information content (AvgIpc) is 2.82. The zero-order valence-electron chi connectivity index (χ0n) is 9.54. The number of nitrogens with zero attached hydrogens (tertiary/aromatic N) is 1. The van der Waals surface area contributed by atoms with E-state index in [4.69, 9.17) is 11.6 Å². The van der Waals surface area contributed by atoms with E-state index in [-0.39, 0.29) is 17.1 Å². The maximum Gasteiger partial charge on any atom is 0.356 e. The number of carbonyl (C=O) groups excluding carboxylic acids is 1. The Morgan fingerprint density at radius 1 is 1.56 bits per heavy atom.